The summed E-state index contributed by atoms with van der Waals surface area (Å²) in [7, 11) is 0. The van der Waals surface area contributed by atoms with Crippen molar-refractivity contribution in [2.24, 2.45) is 0 Å². The van der Waals surface area contributed by atoms with Crippen LogP contribution < -0.4 is 4.74 Å². The first kappa shape index (κ1) is 13.4. The Labute approximate surface area is 113 Å². The third-order valence-electron chi connectivity index (χ3n) is 3.35. The number of rotatable bonds is 3. The van der Waals surface area contributed by atoms with E-state index in [1.165, 1.54) is 0 Å². The molecule has 0 atom stereocenters. The van der Waals surface area contributed by atoms with Gasteiger partial charge in [-0.25, -0.2) is 0 Å². The highest BCUT2D eigenvalue weighted by atomic mass is 35.5. The molecule has 0 saturated heterocycles. The molecule has 0 N–H and O–H groups in total. The number of Topliss-reactive ketones (excluding diaryl/α,β-unsaturated/α-hetero) is 1. The van der Waals surface area contributed by atoms with E-state index in [1.54, 1.807) is 0 Å². The number of ether oxygens (including phenoxy) is 1. The number of ketones is 1. The summed E-state index contributed by atoms with van der Waals surface area (Å²) in [5.41, 5.74) is 3.01. The van der Waals surface area contributed by atoms with Gasteiger partial charge in [-0.3, -0.25) is 4.79 Å². The maximum Gasteiger partial charge on any atom is 0.177 e. The van der Waals surface area contributed by atoms with Crippen LogP contribution in [0.4, 0.5) is 0 Å². The van der Waals surface area contributed by atoms with Crippen molar-refractivity contribution >= 4 is 17.4 Å². The third-order valence-corrected chi connectivity index (χ3v) is 3.59. The van der Waals surface area contributed by atoms with E-state index in [-0.39, 0.29) is 11.7 Å². The van der Waals surface area contributed by atoms with Gasteiger partial charge in [0, 0.05) is 5.56 Å². The number of aryl methyl sites for hydroxylation is 1. The highest BCUT2D eigenvalue weighted by molar-refractivity contribution is 6.30. The average Bonchev–Trinajstić information content (AvgIpc) is 2.61. The van der Waals surface area contributed by atoms with Crippen molar-refractivity contribution in [3.63, 3.8) is 0 Å². The Kier molecular flexibility index (Phi) is 4.28. The molecular weight excluding hydrogens is 248 g/mol. The zero-order valence-electron chi connectivity index (χ0n) is 11.0. The fourth-order valence-corrected chi connectivity index (χ4v) is 2.49. The molecule has 0 aromatic heterocycles. The SMILES string of the molecule is CC(C)c1cc(C(=O)CCl)cc2c1OCCCC2. The molecule has 0 fully saturated rings. The molecule has 1 aromatic rings. The van der Waals surface area contributed by atoms with Crippen molar-refractivity contribution < 1.29 is 9.53 Å². The van der Waals surface area contributed by atoms with Crippen LogP contribution in [0, 0.1) is 0 Å². The zero-order chi connectivity index (χ0) is 13.1. The average molecular weight is 267 g/mol. The first-order chi connectivity index (χ1) is 8.63. The van der Waals surface area contributed by atoms with E-state index in [0.29, 0.717) is 5.92 Å². The van der Waals surface area contributed by atoms with Crippen molar-refractivity contribution in [1.29, 1.82) is 0 Å². The Morgan fingerprint density at radius 1 is 1.39 bits per heavy atom. The lowest BCUT2D eigenvalue weighted by atomic mass is 9.93. The molecule has 0 radical (unpaired) electrons. The first-order valence-corrected chi connectivity index (χ1v) is 7.05. The first-order valence-electron chi connectivity index (χ1n) is 6.52. The van der Waals surface area contributed by atoms with E-state index >= 15 is 0 Å². The Morgan fingerprint density at radius 3 is 2.83 bits per heavy atom. The van der Waals surface area contributed by atoms with Gasteiger partial charge in [-0.1, -0.05) is 13.8 Å². The minimum Gasteiger partial charge on any atom is -0.493 e. The van der Waals surface area contributed by atoms with Gasteiger partial charge in [-0.15, -0.1) is 11.6 Å². The highest BCUT2D eigenvalue weighted by Gasteiger charge is 2.19. The molecule has 0 spiro atoms. The lowest BCUT2D eigenvalue weighted by Crippen LogP contribution is -2.06. The van der Waals surface area contributed by atoms with Crippen LogP contribution in [-0.4, -0.2) is 18.3 Å². The minimum atomic E-state index is -0.00869. The molecule has 0 amide bonds. The normalized spacial score (nSPS) is 14.9. The van der Waals surface area contributed by atoms with Gasteiger partial charge in [-0.2, -0.15) is 0 Å². The zero-order valence-corrected chi connectivity index (χ0v) is 11.7. The molecule has 0 saturated carbocycles. The van der Waals surface area contributed by atoms with E-state index in [9.17, 15) is 4.79 Å². The van der Waals surface area contributed by atoms with Crippen molar-refractivity contribution in [3.05, 3.63) is 28.8 Å². The molecule has 98 valence electrons. The van der Waals surface area contributed by atoms with Crippen LogP contribution in [0.3, 0.4) is 0 Å². The second kappa shape index (κ2) is 5.75. The van der Waals surface area contributed by atoms with Crippen molar-refractivity contribution in [2.75, 3.05) is 12.5 Å². The minimum absolute atomic E-state index is 0.00869. The number of hydrogen-bond acceptors (Lipinski definition) is 2. The molecule has 18 heavy (non-hydrogen) atoms. The van der Waals surface area contributed by atoms with Gasteiger partial charge in [0.05, 0.1) is 12.5 Å². The molecule has 0 bridgehead atoms. The molecule has 1 heterocycles. The number of carbonyl (C=O) groups excluding carboxylic acids is 1. The van der Waals surface area contributed by atoms with Crippen LogP contribution in [0.1, 0.15) is 54.1 Å². The van der Waals surface area contributed by atoms with Gasteiger partial charge in [0.2, 0.25) is 0 Å². The summed E-state index contributed by atoms with van der Waals surface area (Å²) in [4.78, 5) is 11.8. The predicted molar refractivity (Wildman–Crippen MR) is 74.0 cm³/mol. The topological polar surface area (TPSA) is 26.3 Å². The maximum atomic E-state index is 11.8. The lowest BCUT2D eigenvalue weighted by molar-refractivity contribution is 0.102. The van der Waals surface area contributed by atoms with Crippen LogP contribution in [0.15, 0.2) is 12.1 Å². The van der Waals surface area contributed by atoms with Crippen molar-refractivity contribution in [3.8, 4) is 5.75 Å². The number of halogens is 1. The molecule has 1 aliphatic heterocycles. The Hall–Kier alpha value is -1.02. The van der Waals surface area contributed by atoms with E-state index in [4.69, 9.17) is 16.3 Å². The predicted octanol–water partition coefficient (Wildman–Crippen LogP) is 3.95. The van der Waals surface area contributed by atoms with Crippen molar-refractivity contribution in [2.45, 2.75) is 39.0 Å². The molecule has 1 aliphatic rings. The Bertz CT molecular complexity index is 452. The van der Waals surface area contributed by atoms with E-state index in [1.807, 2.05) is 12.1 Å². The number of fused-ring (bicyclic) bond motifs is 1. The summed E-state index contributed by atoms with van der Waals surface area (Å²) in [6, 6.07) is 3.90. The second-order valence-corrected chi connectivity index (χ2v) is 5.34. The highest BCUT2D eigenvalue weighted by Crippen LogP contribution is 2.34. The van der Waals surface area contributed by atoms with Crippen LogP contribution in [-0.2, 0) is 6.42 Å². The van der Waals surface area contributed by atoms with Gasteiger partial charge in [0.25, 0.3) is 0 Å². The van der Waals surface area contributed by atoms with Gasteiger partial charge in [-0.05, 0) is 48.4 Å². The van der Waals surface area contributed by atoms with Gasteiger partial charge in [0.1, 0.15) is 5.75 Å². The fraction of sp³-hybridized carbons (Fsp3) is 0.533. The fourth-order valence-electron chi connectivity index (χ4n) is 2.33. The van der Waals surface area contributed by atoms with Crippen LogP contribution in [0.5, 0.6) is 5.75 Å². The lowest BCUT2D eigenvalue weighted by Gasteiger charge is -2.17. The monoisotopic (exact) mass is 266 g/mol. The third kappa shape index (κ3) is 2.69. The van der Waals surface area contributed by atoms with Gasteiger partial charge in [0.15, 0.2) is 5.78 Å². The molecule has 2 nitrogen and oxygen atoms in total. The molecule has 0 unspecified atom stereocenters. The number of carbonyl (C=O) groups is 1. The summed E-state index contributed by atoms with van der Waals surface area (Å²) in [6.07, 6.45) is 3.17. The molecule has 0 aliphatic carbocycles. The number of benzene rings is 1. The summed E-state index contributed by atoms with van der Waals surface area (Å²) in [5, 5.41) is 0. The summed E-state index contributed by atoms with van der Waals surface area (Å²) in [5.74, 6) is 1.37. The summed E-state index contributed by atoms with van der Waals surface area (Å²) in [6.45, 7) is 5.02. The largest absolute Gasteiger partial charge is 0.493 e. The molecular formula is C15H19ClO2. The van der Waals surface area contributed by atoms with Crippen LogP contribution in [0.2, 0.25) is 0 Å². The van der Waals surface area contributed by atoms with E-state index in [0.717, 1.165) is 48.3 Å². The quantitative estimate of drug-likeness (QED) is 0.612. The smallest absolute Gasteiger partial charge is 0.177 e. The van der Waals surface area contributed by atoms with Crippen LogP contribution in [0.25, 0.3) is 0 Å². The second-order valence-electron chi connectivity index (χ2n) is 5.07. The summed E-state index contributed by atoms with van der Waals surface area (Å²) < 4.78 is 5.86. The van der Waals surface area contributed by atoms with Gasteiger partial charge < -0.3 is 4.74 Å². The molecule has 3 heteroatoms. The number of hydrogen-bond donors (Lipinski definition) is 0. The molecule has 2 rings (SSSR count). The molecule has 1 aromatic carbocycles. The Morgan fingerprint density at radius 2 is 2.17 bits per heavy atom. The maximum absolute atomic E-state index is 11.8. The van der Waals surface area contributed by atoms with E-state index in [2.05, 4.69) is 13.8 Å². The van der Waals surface area contributed by atoms with Gasteiger partial charge >= 0.3 is 0 Å². The van der Waals surface area contributed by atoms with Crippen molar-refractivity contribution in [1.82, 2.24) is 0 Å². The Balaban J connectivity index is 2.52. The standard InChI is InChI=1S/C15H19ClO2/c1-10(2)13-8-12(14(17)9-16)7-11-5-3-4-6-18-15(11)13/h7-8,10H,3-6,9H2,1-2H3. The number of alkyl halides is 1. The van der Waals surface area contributed by atoms with E-state index < -0.39 is 0 Å². The summed E-state index contributed by atoms with van der Waals surface area (Å²) >= 11 is 5.65. The van der Waals surface area contributed by atoms with Crippen LogP contribution >= 0.6 is 11.6 Å².